The van der Waals surface area contributed by atoms with Crippen LogP contribution in [0.2, 0.25) is 0 Å². The maximum atomic E-state index is 12.3. The number of nitrogens with zero attached hydrogens (tertiary/aromatic N) is 2. The van der Waals surface area contributed by atoms with Gasteiger partial charge in [0.15, 0.2) is 0 Å². The topological polar surface area (TPSA) is 59.6 Å². The van der Waals surface area contributed by atoms with Gasteiger partial charge >= 0.3 is 0 Å². The Labute approximate surface area is 152 Å². The SMILES string of the molecule is CC(C)(O)C#Cc1ccc(CN2CCN(C(=O)c3ccc[nH]3)CC2)s1. The summed E-state index contributed by atoms with van der Waals surface area (Å²) in [7, 11) is 0. The molecule has 0 bridgehead atoms. The summed E-state index contributed by atoms with van der Waals surface area (Å²) in [5.41, 5.74) is -0.312. The van der Waals surface area contributed by atoms with Gasteiger partial charge in [0, 0.05) is 43.8 Å². The fourth-order valence-electron chi connectivity index (χ4n) is 2.71. The second-order valence-electron chi connectivity index (χ2n) is 6.73. The number of piperazine rings is 1. The summed E-state index contributed by atoms with van der Waals surface area (Å²) < 4.78 is 0. The summed E-state index contributed by atoms with van der Waals surface area (Å²) in [6, 6.07) is 7.76. The van der Waals surface area contributed by atoms with Crippen LogP contribution in [-0.4, -0.2) is 57.6 Å². The molecule has 132 valence electrons. The molecule has 1 aliphatic heterocycles. The van der Waals surface area contributed by atoms with Crippen LogP contribution in [0.5, 0.6) is 0 Å². The standard InChI is InChI=1S/C19H23N3O2S/c1-19(2,24)8-7-15-5-6-16(25-15)14-21-10-12-22(13-11-21)18(23)17-4-3-9-20-17/h3-6,9,20,24H,10-14H2,1-2H3. The molecule has 1 saturated heterocycles. The number of nitrogens with one attached hydrogen (secondary N) is 1. The molecule has 0 atom stereocenters. The molecule has 0 aliphatic carbocycles. The van der Waals surface area contributed by atoms with Gasteiger partial charge in [-0.25, -0.2) is 0 Å². The highest BCUT2D eigenvalue weighted by molar-refractivity contribution is 7.12. The molecule has 1 fully saturated rings. The third-order valence-corrected chi connectivity index (χ3v) is 5.01. The number of H-pyrrole nitrogens is 1. The first-order chi connectivity index (χ1) is 11.9. The number of hydrogen-bond donors (Lipinski definition) is 2. The van der Waals surface area contributed by atoms with Crippen molar-refractivity contribution >= 4 is 17.2 Å². The van der Waals surface area contributed by atoms with Gasteiger partial charge in [0.1, 0.15) is 11.3 Å². The molecule has 3 heterocycles. The molecule has 3 rings (SSSR count). The Bertz CT molecular complexity index is 770. The number of aromatic amines is 1. The highest BCUT2D eigenvalue weighted by Crippen LogP contribution is 2.19. The summed E-state index contributed by atoms with van der Waals surface area (Å²) in [5.74, 6) is 5.94. The van der Waals surface area contributed by atoms with E-state index in [0.717, 1.165) is 37.6 Å². The van der Waals surface area contributed by atoms with Gasteiger partial charge in [-0.05, 0) is 38.1 Å². The van der Waals surface area contributed by atoms with Gasteiger partial charge in [0.25, 0.3) is 5.91 Å². The molecule has 0 aromatic carbocycles. The molecular weight excluding hydrogens is 334 g/mol. The van der Waals surface area contributed by atoms with Crippen LogP contribution in [0.25, 0.3) is 0 Å². The fourth-order valence-corrected chi connectivity index (χ4v) is 3.61. The van der Waals surface area contributed by atoms with E-state index in [1.807, 2.05) is 23.1 Å². The second kappa shape index (κ2) is 7.44. The normalized spacial score (nSPS) is 15.7. The largest absolute Gasteiger partial charge is 0.378 e. The number of carbonyl (C=O) groups excluding carboxylic acids is 1. The molecule has 0 radical (unpaired) electrons. The Hall–Kier alpha value is -2.07. The average molecular weight is 357 g/mol. The van der Waals surface area contributed by atoms with Gasteiger partial charge in [-0.3, -0.25) is 9.69 Å². The lowest BCUT2D eigenvalue weighted by Gasteiger charge is -2.34. The zero-order valence-corrected chi connectivity index (χ0v) is 15.4. The van der Waals surface area contributed by atoms with Crippen molar-refractivity contribution in [1.29, 1.82) is 0 Å². The monoisotopic (exact) mass is 357 g/mol. The van der Waals surface area contributed by atoms with Crippen molar-refractivity contribution in [2.24, 2.45) is 0 Å². The number of thiophene rings is 1. The number of rotatable bonds is 3. The van der Waals surface area contributed by atoms with E-state index in [0.29, 0.717) is 5.69 Å². The molecule has 0 spiro atoms. The van der Waals surface area contributed by atoms with E-state index < -0.39 is 5.60 Å². The molecule has 0 unspecified atom stereocenters. The Balaban J connectivity index is 1.52. The minimum Gasteiger partial charge on any atom is -0.378 e. The highest BCUT2D eigenvalue weighted by atomic mass is 32.1. The number of hydrogen-bond acceptors (Lipinski definition) is 4. The van der Waals surface area contributed by atoms with Crippen LogP contribution >= 0.6 is 11.3 Å². The molecular formula is C19H23N3O2S. The quantitative estimate of drug-likeness (QED) is 0.828. The average Bonchev–Trinajstić information content (AvgIpc) is 3.24. The van der Waals surface area contributed by atoms with Gasteiger partial charge in [0.2, 0.25) is 0 Å². The molecule has 0 saturated carbocycles. The van der Waals surface area contributed by atoms with Gasteiger partial charge in [-0.2, -0.15) is 0 Å². The van der Waals surface area contributed by atoms with Crippen molar-refractivity contribution in [1.82, 2.24) is 14.8 Å². The predicted octanol–water partition coefficient (Wildman–Crippen LogP) is 2.16. The van der Waals surface area contributed by atoms with Crippen molar-refractivity contribution in [2.75, 3.05) is 26.2 Å². The van der Waals surface area contributed by atoms with Crippen LogP contribution in [0.3, 0.4) is 0 Å². The lowest BCUT2D eigenvalue weighted by atomic mass is 10.1. The summed E-state index contributed by atoms with van der Waals surface area (Å²) >= 11 is 1.66. The van der Waals surface area contributed by atoms with E-state index in [-0.39, 0.29) is 5.91 Å². The minimum atomic E-state index is -0.966. The van der Waals surface area contributed by atoms with E-state index in [4.69, 9.17) is 0 Å². The Morgan fingerprint density at radius 3 is 2.68 bits per heavy atom. The first kappa shape index (κ1) is 17.7. The zero-order valence-electron chi connectivity index (χ0n) is 14.6. The van der Waals surface area contributed by atoms with Gasteiger partial charge in [-0.1, -0.05) is 11.8 Å². The smallest absolute Gasteiger partial charge is 0.270 e. The fraction of sp³-hybridized carbons (Fsp3) is 0.421. The van der Waals surface area contributed by atoms with E-state index in [1.165, 1.54) is 4.88 Å². The first-order valence-corrected chi connectivity index (χ1v) is 9.22. The van der Waals surface area contributed by atoms with Crippen LogP contribution in [0, 0.1) is 11.8 Å². The number of carbonyl (C=O) groups is 1. The lowest BCUT2D eigenvalue weighted by molar-refractivity contribution is 0.0624. The molecule has 2 aromatic heterocycles. The van der Waals surface area contributed by atoms with Crippen molar-refractivity contribution in [2.45, 2.75) is 26.0 Å². The summed E-state index contributed by atoms with van der Waals surface area (Å²) in [6.45, 7) is 7.47. The number of aromatic nitrogens is 1. The second-order valence-corrected chi connectivity index (χ2v) is 7.90. The van der Waals surface area contributed by atoms with E-state index in [1.54, 1.807) is 31.4 Å². The zero-order chi connectivity index (χ0) is 17.9. The molecule has 25 heavy (non-hydrogen) atoms. The first-order valence-electron chi connectivity index (χ1n) is 8.40. The van der Waals surface area contributed by atoms with Crippen LogP contribution in [0.15, 0.2) is 30.5 Å². The molecule has 1 aliphatic rings. The third kappa shape index (κ3) is 4.95. The van der Waals surface area contributed by atoms with Crippen LogP contribution in [0.4, 0.5) is 0 Å². The molecule has 1 amide bonds. The summed E-state index contributed by atoms with van der Waals surface area (Å²) in [5, 5.41) is 9.67. The number of amides is 1. The van der Waals surface area contributed by atoms with Gasteiger partial charge in [0.05, 0.1) is 4.88 Å². The van der Waals surface area contributed by atoms with Gasteiger partial charge < -0.3 is 15.0 Å². The van der Waals surface area contributed by atoms with E-state index in [9.17, 15) is 9.90 Å². The Morgan fingerprint density at radius 1 is 1.28 bits per heavy atom. The molecule has 2 aromatic rings. The maximum Gasteiger partial charge on any atom is 0.270 e. The van der Waals surface area contributed by atoms with Crippen LogP contribution in [-0.2, 0) is 6.54 Å². The van der Waals surface area contributed by atoms with Crippen LogP contribution < -0.4 is 0 Å². The van der Waals surface area contributed by atoms with Gasteiger partial charge in [-0.15, -0.1) is 11.3 Å². The summed E-state index contributed by atoms with van der Waals surface area (Å²) in [6.07, 6.45) is 1.78. The lowest BCUT2D eigenvalue weighted by Crippen LogP contribution is -2.48. The molecule has 2 N–H and O–H groups in total. The van der Waals surface area contributed by atoms with Crippen molar-refractivity contribution < 1.29 is 9.90 Å². The molecule has 5 nitrogen and oxygen atoms in total. The summed E-state index contributed by atoms with van der Waals surface area (Å²) in [4.78, 5) is 21.8. The maximum absolute atomic E-state index is 12.3. The Kier molecular flexibility index (Phi) is 5.28. The minimum absolute atomic E-state index is 0.0740. The number of aliphatic hydroxyl groups is 1. The third-order valence-electron chi connectivity index (χ3n) is 4.02. The highest BCUT2D eigenvalue weighted by Gasteiger charge is 2.22. The van der Waals surface area contributed by atoms with Crippen LogP contribution in [0.1, 0.15) is 34.1 Å². The van der Waals surface area contributed by atoms with E-state index >= 15 is 0 Å². The Morgan fingerprint density at radius 2 is 2.04 bits per heavy atom. The predicted molar refractivity (Wildman–Crippen MR) is 99.5 cm³/mol. The molecule has 6 heteroatoms. The van der Waals surface area contributed by atoms with E-state index in [2.05, 4.69) is 27.8 Å². The van der Waals surface area contributed by atoms with Crippen molar-refractivity contribution in [3.05, 3.63) is 45.9 Å². The van der Waals surface area contributed by atoms with Crippen molar-refractivity contribution in [3.63, 3.8) is 0 Å². The van der Waals surface area contributed by atoms with Crippen molar-refractivity contribution in [3.8, 4) is 11.8 Å².